The van der Waals surface area contributed by atoms with Gasteiger partial charge in [-0.15, -0.1) is 11.3 Å². The Labute approximate surface area is 153 Å². The number of carboxylic acid groups (broad SMARTS) is 1. The number of aryl methyl sites for hydroxylation is 1. The number of aromatic nitrogens is 2. The van der Waals surface area contributed by atoms with Gasteiger partial charge in [0.15, 0.2) is 0 Å². The molecule has 0 saturated carbocycles. The van der Waals surface area contributed by atoms with E-state index in [4.69, 9.17) is 11.6 Å². The van der Waals surface area contributed by atoms with Crippen LogP contribution in [0.5, 0.6) is 0 Å². The van der Waals surface area contributed by atoms with E-state index in [2.05, 4.69) is 4.98 Å². The van der Waals surface area contributed by atoms with Crippen LogP contribution in [0.4, 0.5) is 0 Å². The van der Waals surface area contributed by atoms with E-state index < -0.39 is 11.4 Å². The van der Waals surface area contributed by atoms with Crippen LogP contribution in [-0.2, 0) is 11.3 Å². The highest BCUT2D eigenvalue weighted by molar-refractivity contribution is 7.17. The molecule has 0 aliphatic heterocycles. The third kappa shape index (κ3) is 3.19. The van der Waals surface area contributed by atoms with Gasteiger partial charge in [0.1, 0.15) is 10.7 Å². The maximum Gasteiger partial charge on any atom is 0.310 e. The van der Waals surface area contributed by atoms with Gasteiger partial charge in [0.2, 0.25) is 0 Å². The van der Waals surface area contributed by atoms with Crippen LogP contribution in [0.2, 0.25) is 5.02 Å². The zero-order chi connectivity index (χ0) is 18.4. The number of hydrogen-bond acceptors (Lipinski definition) is 4. The first kappa shape index (κ1) is 17.6. The molecule has 0 bridgehead atoms. The highest BCUT2D eigenvalue weighted by Crippen LogP contribution is 2.32. The van der Waals surface area contributed by atoms with Gasteiger partial charge in [-0.1, -0.05) is 23.7 Å². The fraction of sp³-hybridized carbons (Fsp3) is 0.278. The zero-order valence-electron chi connectivity index (χ0n) is 14.0. The number of benzene rings is 1. The van der Waals surface area contributed by atoms with E-state index in [0.717, 1.165) is 11.1 Å². The SMILES string of the molecule is Cc1nc2scc(-c3ccc(Cl)cc3)c2c(=O)n1CC(C)(C)C(=O)O. The fourth-order valence-corrected chi connectivity index (χ4v) is 3.73. The predicted octanol–water partition coefficient (Wildman–Crippen LogP) is 4.20. The third-order valence-corrected chi connectivity index (χ3v) is 5.30. The maximum atomic E-state index is 13.1. The van der Waals surface area contributed by atoms with E-state index in [1.807, 2.05) is 17.5 Å². The highest BCUT2D eigenvalue weighted by Gasteiger charge is 2.29. The summed E-state index contributed by atoms with van der Waals surface area (Å²) in [5.41, 5.74) is 0.377. The first-order valence-corrected chi connectivity index (χ1v) is 8.94. The number of hydrogen-bond donors (Lipinski definition) is 1. The molecule has 130 valence electrons. The van der Waals surface area contributed by atoms with Crippen LogP contribution in [0.15, 0.2) is 34.4 Å². The molecule has 0 fully saturated rings. The van der Waals surface area contributed by atoms with Crippen molar-refractivity contribution in [2.75, 3.05) is 0 Å². The minimum atomic E-state index is -1.07. The van der Waals surface area contributed by atoms with Gasteiger partial charge in [-0.3, -0.25) is 14.2 Å². The standard InChI is InChI=1S/C18H17ClN2O3S/c1-10-20-15-14(16(22)21(10)9-18(2,3)17(23)24)13(8-25-15)11-4-6-12(19)7-5-11/h4-8H,9H2,1-3H3,(H,23,24). The Morgan fingerprint density at radius 1 is 1.32 bits per heavy atom. The van der Waals surface area contributed by atoms with Crippen molar-refractivity contribution in [3.05, 3.63) is 50.8 Å². The minimum absolute atomic E-state index is 0.0614. The van der Waals surface area contributed by atoms with Gasteiger partial charge in [0.05, 0.1) is 10.8 Å². The Bertz CT molecular complexity index is 1020. The third-order valence-electron chi connectivity index (χ3n) is 4.17. The normalized spacial score (nSPS) is 11.8. The summed E-state index contributed by atoms with van der Waals surface area (Å²) in [5, 5.41) is 12.4. The summed E-state index contributed by atoms with van der Waals surface area (Å²) in [6.45, 7) is 4.98. The summed E-state index contributed by atoms with van der Waals surface area (Å²) in [4.78, 5) is 29.7. The molecule has 2 heterocycles. The fourth-order valence-electron chi connectivity index (χ4n) is 2.62. The first-order valence-electron chi connectivity index (χ1n) is 7.68. The number of carboxylic acids is 1. The molecule has 0 spiro atoms. The van der Waals surface area contributed by atoms with Gasteiger partial charge in [0.25, 0.3) is 5.56 Å². The molecule has 2 aromatic heterocycles. The summed E-state index contributed by atoms with van der Waals surface area (Å²) < 4.78 is 1.45. The van der Waals surface area contributed by atoms with Crippen molar-refractivity contribution in [2.45, 2.75) is 27.3 Å². The Morgan fingerprint density at radius 2 is 1.96 bits per heavy atom. The number of aliphatic carboxylic acids is 1. The minimum Gasteiger partial charge on any atom is -0.481 e. The van der Waals surface area contributed by atoms with Gasteiger partial charge in [-0.05, 0) is 38.5 Å². The number of halogens is 1. The van der Waals surface area contributed by atoms with E-state index >= 15 is 0 Å². The summed E-state index contributed by atoms with van der Waals surface area (Å²) in [5.74, 6) is -0.446. The Kier molecular flexibility index (Phi) is 4.43. The van der Waals surface area contributed by atoms with E-state index in [1.54, 1.807) is 32.9 Å². The summed E-state index contributed by atoms with van der Waals surface area (Å²) >= 11 is 7.34. The van der Waals surface area contributed by atoms with Crippen LogP contribution in [0.1, 0.15) is 19.7 Å². The van der Waals surface area contributed by atoms with E-state index in [9.17, 15) is 14.7 Å². The summed E-state index contributed by atoms with van der Waals surface area (Å²) in [6.07, 6.45) is 0. The second kappa shape index (κ2) is 6.28. The van der Waals surface area contributed by atoms with Crippen LogP contribution in [-0.4, -0.2) is 20.6 Å². The lowest BCUT2D eigenvalue weighted by Crippen LogP contribution is -2.35. The van der Waals surface area contributed by atoms with Gasteiger partial charge in [-0.25, -0.2) is 4.98 Å². The van der Waals surface area contributed by atoms with Gasteiger partial charge in [0, 0.05) is 22.5 Å². The van der Waals surface area contributed by atoms with E-state index in [0.29, 0.717) is 21.1 Å². The molecule has 1 N–H and O–H groups in total. The van der Waals surface area contributed by atoms with Gasteiger partial charge < -0.3 is 5.11 Å². The Hall–Kier alpha value is -2.18. The first-order chi connectivity index (χ1) is 11.7. The average molecular weight is 377 g/mol. The largest absolute Gasteiger partial charge is 0.481 e. The molecular weight excluding hydrogens is 360 g/mol. The van der Waals surface area contributed by atoms with Crippen LogP contribution >= 0.6 is 22.9 Å². The van der Waals surface area contributed by atoms with Gasteiger partial charge >= 0.3 is 5.97 Å². The molecule has 25 heavy (non-hydrogen) atoms. The molecule has 0 radical (unpaired) electrons. The van der Waals surface area contributed by atoms with Crippen LogP contribution in [0.25, 0.3) is 21.3 Å². The number of carbonyl (C=O) groups is 1. The molecule has 0 amide bonds. The van der Waals surface area contributed by atoms with Crippen molar-refractivity contribution >= 4 is 39.1 Å². The highest BCUT2D eigenvalue weighted by atomic mass is 35.5. The smallest absolute Gasteiger partial charge is 0.310 e. The van der Waals surface area contributed by atoms with Crippen molar-refractivity contribution in [3.63, 3.8) is 0 Å². The zero-order valence-corrected chi connectivity index (χ0v) is 15.6. The van der Waals surface area contributed by atoms with Gasteiger partial charge in [-0.2, -0.15) is 0 Å². The Balaban J connectivity index is 2.21. The summed E-state index contributed by atoms with van der Waals surface area (Å²) in [6, 6.07) is 7.26. The van der Waals surface area contributed by atoms with E-state index in [1.165, 1.54) is 15.9 Å². The molecule has 7 heteroatoms. The molecule has 0 saturated heterocycles. The van der Waals surface area contributed by atoms with Crippen molar-refractivity contribution in [1.82, 2.24) is 9.55 Å². The molecule has 0 atom stereocenters. The molecule has 5 nitrogen and oxygen atoms in total. The molecule has 3 aromatic rings. The maximum absolute atomic E-state index is 13.1. The number of rotatable bonds is 4. The number of thiophene rings is 1. The number of nitrogens with zero attached hydrogens (tertiary/aromatic N) is 2. The van der Waals surface area contributed by atoms with Crippen molar-refractivity contribution in [1.29, 1.82) is 0 Å². The molecule has 3 rings (SSSR count). The van der Waals surface area contributed by atoms with Crippen LogP contribution in [0, 0.1) is 12.3 Å². The second-order valence-electron chi connectivity index (χ2n) is 6.58. The molecule has 1 aromatic carbocycles. The predicted molar refractivity (Wildman–Crippen MR) is 100 cm³/mol. The van der Waals surface area contributed by atoms with E-state index in [-0.39, 0.29) is 12.1 Å². The quantitative estimate of drug-likeness (QED) is 0.740. The lowest BCUT2D eigenvalue weighted by atomic mass is 9.93. The number of fused-ring (bicyclic) bond motifs is 1. The molecule has 0 unspecified atom stereocenters. The molecule has 0 aliphatic carbocycles. The summed E-state index contributed by atoms with van der Waals surface area (Å²) in [7, 11) is 0. The Morgan fingerprint density at radius 3 is 2.56 bits per heavy atom. The topological polar surface area (TPSA) is 72.2 Å². The van der Waals surface area contributed by atoms with Crippen molar-refractivity contribution < 1.29 is 9.90 Å². The lowest BCUT2D eigenvalue weighted by molar-refractivity contribution is -0.147. The van der Waals surface area contributed by atoms with Crippen LogP contribution in [0.3, 0.4) is 0 Å². The van der Waals surface area contributed by atoms with Crippen molar-refractivity contribution in [2.24, 2.45) is 5.41 Å². The average Bonchev–Trinajstić information content (AvgIpc) is 2.96. The molecular formula is C18H17ClN2O3S. The van der Waals surface area contributed by atoms with Crippen molar-refractivity contribution in [3.8, 4) is 11.1 Å². The monoisotopic (exact) mass is 376 g/mol. The molecule has 0 aliphatic rings. The lowest BCUT2D eigenvalue weighted by Gasteiger charge is -2.21. The van der Waals surface area contributed by atoms with Crippen LogP contribution < -0.4 is 5.56 Å². The second-order valence-corrected chi connectivity index (χ2v) is 7.87.